The van der Waals surface area contributed by atoms with Gasteiger partial charge in [-0.3, -0.25) is 9.69 Å². The average Bonchev–Trinajstić information content (AvgIpc) is 2.19. The van der Waals surface area contributed by atoms with Crippen molar-refractivity contribution in [1.29, 1.82) is 0 Å². The minimum absolute atomic E-state index is 0.0169. The molecule has 1 rings (SSSR count). The van der Waals surface area contributed by atoms with Crippen molar-refractivity contribution >= 4 is 21.8 Å². The summed E-state index contributed by atoms with van der Waals surface area (Å²) in [6.07, 6.45) is 0.853. The molecule has 0 saturated carbocycles. The Bertz CT molecular complexity index is 243. The van der Waals surface area contributed by atoms with Gasteiger partial charge in [-0.1, -0.05) is 22.9 Å². The van der Waals surface area contributed by atoms with Gasteiger partial charge < -0.3 is 4.90 Å². The van der Waals surface area contributed by atoms with Crippen molar-refractivity contribution in [3.63, 3.8) is 0 Å². The minimum atomic E-state index is -0.0169. The van der Waals surface area contributed by atoms with E-state index in [-0.39, 0.29) is 16.3 Å². The van der Waals surface area contributed by atoms with Gasteiger partial charge in [-0.15, -0.1) is 0 Å². The van der Waals surface area contributed by atoms with Gasteiger partial charge in [0.05, 0.1) is 4.83 Å². The summed E-state index contributed by atoms with van der Waals surface area (Å²) in [6, 6.07) is 0. The van der Waals surface area contributed by atoms with Gasteiger partial charge in [0.1, 0.15) is 0 Å². The first-order valence-corrected chi connectivity index (χ1v) is 6.44. The second-order valence-electron chi connectivity index (χ2n) is 4.87. The van der Waals surface area contributed by atoms with E-state index in [2.05, 4.69) is 41.7 Å². The molecule has 0 aromatic rings. The van der Waals surface area contributed by atoms with Crippen molar-refractivity contribution in [2.24, 2.45) is 0 Å². The average molecular weight is 277 g/mol. The number of likely N-dealkylation sites (N-methyl/N-ethyl adjacent to an activating group) is 1. The molecule has 0 spiro atoms. The van der Waals surface area contributed by atoms with Crippen molar-refractivity contribution in [2.45, 2.75) is 37.6 Å². The molecule has 4 heteroatoms. The highest BCUT2D eigenvalue weighted by Gasteiger charge is 2.34. The van der Waals surface area contributed by atoms with Gasteiger partial charge in [0.2, 0.25) is 5.91 Å². The lowest BCUT2D eigenvalue weighted by atomic mass is 9.99. The Kier molecular flexibility index (Phi) is 4.18. The summed E-state index contributed by atoms with van der Waals surface area (Å²) in [5, 5.41) is 0. The van der Waals surface area contributed by atoms with Gasteiger partial charge >= 0.3 is 0 Å². The van der Waals surface area contributed by atoms with Crippen LogP contribution in [0.5, 0.6) is 0 Å². The lowest BCUT2D eigenvalue weighted by Crippen LogP contribution is -2.59. The predicted octanol–water partition coefficient (Wildman–Crippen LogP) is 1.71. The van der Waals surface area contributed by atoms with E-state index in [9.17, 15) is 4.79 Å². The first kappa shape index (κ1) is 13.0. The number of halogens is 1. The maximum absolute atomic E-state index is 12.0. The van der Waals surface area contributed by atoms with Crippen LogP contribution in [0.4, 0.5) is 0 Å². The molecule has 1 amide bonds. The van der Waals surface area contributed by atoms with Gasteiger partial charge in [0, 0.05) is 25.2 Å². The normalized spacial score (nSPS) is 23.9. The van der Waals surface area contributed by atoms with Gasteiger partial charge in [0.15, 0.2) is 0 Å². The topological polar surface area (TPSA) is 23.6 Å². The molecule has 1 aliphatic rings. The predicted molar refractivity (Wildman–Crippen MR) is 66.3 cm³/mol. The first-order valence-electron chi connectivity index (χ1n) is 5.52. The highest BCUT2D eigenvalue weighted by Crippen LogP contribution is 2.21. The highest BCUT2D eigenvalue weighted by molar-refractivity contribution is 9.10. The Morgan fingerprint density at radius 1 is 1.47 bits per heavy atom. The third-order valence-corrected chi connectivity index (χ3v) is 4.29. The molecular formula is C11H21BrN2O. The molecule has 0 aliphatic carbocycles. The number of carbonyl (C=O) groups is 1. The summed E-state index contributed by atoms with van der Waals surface area (Å²) in [7, 11) is 2.12. The number of carbonyl (C=O) groups excluding carboxylic acids is 1. The van der Waals surface area contributed by atoms with E-state index in [4.69, 9.17) is 0 Å². The standard InChI is InChI=1S/C11H21BrN2O/c1-5-9(12)10(15)14-7-6-13(4)11(2,3)8-14/h9H,5-8H2,1-4H3. The fourth-order valence-corrected chi connectivity index (χ4v) is 2.09. The zero-order valence-electron chi connectivity index (χ0n) is 10.1. The Labute approximate surface area is 101 Å². The molecule has 1 fully saturated rings. The lowest BCUT2D eigenvalue weighted by Gasteiger charge is -2.45. The SMILES string of the molecule is CCC(Br)C(=O)N1CCN(C)C(C)(C)C1. The number of amides is 1. The second kappa shape index (κ2) is 4.83. The number of rotatable bonds is 2. The number of nitrogens with zero attached hydrogens (tertiary/aromatic N) is 2. The second-order valence-corrected chi connectivity index (χ2v) is 5.97. The molecule has 3 nitrogen and oxygen atoms in total. The summed E-state index contributed by atoms with van der Waals surface area (Å²) in [6.45, 7) is 9.02. The molecule has 0 radical (unpaired) electrons. The number of alkyl halides is 1. The van der Waals surface area contributed by atoms with Gasteiger partial charge in [0.25, 0.3) is 0 Å². The van der Waals surface area contributed by atoms with E-state index >= 15 is 0 Å². The maximum Gasteiger partial charge on any atom is 0.236 e. The third kappa shape index (κ3) is 2.94. The molecular weight excluding hydrogens is 256 g/mol. The van der Waals surface area contributed by atoms with Crippen LogP contribution in [0.3, 0.4) is 0 Å². The van der Waals surface area contributed by atoms with E-state index in [0.29, 0.717) is 0 Å². The van der Waals surface area contributed by atoms with Crippen molar-refractivity contribution in [3.05, 3.63) is 0 Å². The number of hydrogen-bond acceptors (Lipinski definition) is 2. The number of piperazine rings is 1. The van der Waals surface area contributed by atoms with E-state index < -0.39 is 0 Å². The zero-order chi connectivity index (χ0) is 11.6. The van der Waals surface area contributed by atoms with Crippen LogP contribution in [0.2, 0.25) is 0 Å². The Morgan fingerprint density at radius 3 is 2.53 bits per heavy atom. The third-order valence-electron chi connectivity index (χ3n) is 3.25. The van der Waals surface area contributed by atoms with Crippen molar-refractivity contribution in [3.8, 4) is 0 Å². The van der Waals surface area contributed by atoms with Crippen LogP contribution in [0.1, 0.15) is 27.2 Å². The van der Waals surface area contributed by atoms with Gasteiger partial charge in [-0.25, -0.2) is 0 Å². The summed E-state index contributed by atoms with van der Waals surface area (Å²) in [4.78, 5) is 16.3. The minimum Gasteiger partial charge on any atom is -0.339 e. The van der Waals surface area contributed by atoms with E-state index in [1.165, 1.54) is 0 Å². The Hall–Kier alpha value is -0.0900. The maximum atomic E-state index is 12.0. The van der Waals surface area contributed by atoms with Crippen LogP contribution in [0.25, 0.3) is 0 Å². The fourth-order valence-electron chi connectivity index (χ4n) is 1.80. The zero-order valence-corrected chi connectivity index (χ0v) is 11.7. The molecule has 1 heterocycles. The molecule has 0 N–H and O–H groups in total. The van der Waals surface area contributed by atoms with Crippen LogP contribution >= 0.6 is 15.9 Å². The van der Waals surface area contributed by atoms with Crippen molar-refractivity contribution < 1.29 is 4.79 Å². The van der Waals surface area contributed by atoms with Crippen LogP contribution in [0.15, 0.2) is 0 Å². The van der Waals surface area contributed by atoms with E-state index in [0.717, 1.165) is 26.1 Å². The number of hydrogen-bond donors (Lipinski definition) is 0. The summed E-state index contributed by atoms with van der Waals surface area (Å²) in [5.41, 5.74) is 0.0916. The summed E-state index contributed by atoms with van der Waals surface area (Å²) < 4.78 is 0. The fraction of sp³-hybridized carbons (Fsp3) is 0.909. The quantitative estimate of drug-likeness (QED) is 0.717. The molecule has 0 aromatic carbocycles. The molecule has 1 aliphatic heterocycles. The van der Waals surface area contributed by atoms with Crippen LogP contribution in [-0.2, 0) is 4.79 Å². The van der Waals surface area contributed by atoms with E-state index in [1.807, 2.05) is 11.8 Å². The summed E-state index contributed by atoms with van der Waals surface area (Å²) >= 11 is 3.43. The lowest BCUT2D eigenvalue weighted by molar-refractivity contribution is -0.135. The highest BCUT2D eigenvalue weighted by atomic mass is 79.9. The Morgan fingerprint density at radius 2 is 2.07 bits per heavy atom. The first-order chi connectivity index (χ1) is 6.88. The van der Waals surface area contributed by atoms with Crippen LogP contribution in [-0.4, -0.2) is 52.8 Å². The molecule has 15 heavy (non-hydrogen) atoms. The molecule has 88 valence electrons. The monoisotopic (exact) mass is 276 g/mol. The molecule has 0 aromatic heterocycles. The van der Waals surface area contributed by atoms with Crippen molar-refractivity contribution in [1.82, 2.24) is 9.80 Å². The molecule has 1 saturated heterocycles. The molecule has 1 atom stereocenters. The van der Waals surface area contributed by atoms with Gasteiger partial charge in [-0.2, -0.15) is 0 Å². The largest absolute Gasteiger partial charge is 0.339 e. The Balaban J connectivity index is 2.63. The summed E-state index contributed by atoms with van der Waals surface area (Å²) in [5.74, 6) is 0.235. The smallest absolute Gasteiger partial charge is 0.236 e. The van der Waals surface area contributed by atoms with Gasteiger partial charge in [-0.05, 0) is 27.3 Å². The van der Waals surface area contributed by atoms with Crippen LogP contribution < -0.4 is 0 Å². The molecule has 1 unspecified atom stereocenters. The van der Waals surface area contributed by atoms with Crippen molar-refractivity contribution in [2.75, 3.05) is 26.7 Å². The molecule has 0 bridgehead atoms. The van der Waals surface area contributed by atoms with E-state index in [1.54, 1.807) is 0 Å². The van der Waals surface area contributed by atoms with Crippen LogP contribution in [0, 0.1) is 0 Å².